The summed E-state index contributed by atoms with van der Waals surface area (Å²) in [6, 6.07) is 23.5. The number of nitrogens with two attached hydrogens (primary N) is 1. The maximum absolute atomic E-state index is 12.6. The van der Waals surface area contributed by atoms with Gasteiger partial charge in [0.2, 0.25) is 11.8 Å². The molecule has 3 N–H and O–H groups in total. The minimum Gasteiger partial charge on any atom is -0.370 e. The van der Waals surface area contributed by atoms with Crippen molar-refractivity contribution in [2.45, 2.75) is 31.9 Å². The Morgan fingerprint density at radius 1 is 0.971 bits per heavy atom. The Labute approximate surface area is 197 Å². The number of hydrogen-bond acceptors (Lipinski definition) is 5. The molecule has 1 atom stereocenters. The van der Waals surface area contributed by atoms with Gasteiger partial charge in [0.05, 0.1) is 17.6 Å². The predicted octanol–water partition coefficient (Wildman–Crippen LogP) is 4.29. The largest absolute Gasteiger partial charge is 0.370 e. The smallest absolute Gasteiger partial charge is 0.269 e. The minimum absolute atomic E-state index is 0.00183. The Morgan fingerprint density at radius 3 is 2.35 bits per heavy atom. The van der Waals surface area contributed by atoms with E-state index in [-0.39, 0.29) is 43.2 Å². The Balaban J connectivity index is 1.63. The molecule has 2 amide bonds. The normalized spacial score (nSPS) is 11.5. The SMILES string of the molecule is NC(=O)CCCC(NC(=O)COCc1ccc([N+](=O)[O-])cc1)c1cccc(-c2ccccc2)c1. The van der Waals surface area contributed by atoms with Crippen LogP contribution in [0, 0.1) is 10.1 Å². The maximum atomic E-state index is 12.6. The number of hydrogen-bond donors (Lipinski definition) is 2. The quantitative estimate of drug-likeness (QED) is 0.307. The van der Waals surface area contributed by atoms with Gasteiger partial charge in [0, 0.05) is 18.6 Å². The average Bonchev–Trinajstić information content (AvgIpc) is 2.84. The van der Waals surface area contributed by atoms with Crippen molar-refractivity contribution >= 4 is 17.5 Å². The molecule has 0 fully saturated rings. The molecule has 0 saturated heterocycles. The standard InChI is InChI=1S/C26H27N3O5/c27-25(30)11-5-10-24(22-9-4-8-21(16-22)20-6-2-1-3-7-20)28-26(31)18-34-17-19-12-14-23(15-13-19)29(32)33/h1-4,6-9,12-16,24H,5,10-11,17-18H2,(H2,27,30)(H,28,31). The van der Waals surface area contributed by atoms with Gasteiger partial charge in [-0.3, -0.25) is 19.7 Å². The molecule has 8 heteroatoms. The van der Waals surface area contributed by atoms with Crippen molar-refractivity contribution in [1.29, 1.82) is 0 Å². The average molecular weight is 462 g/mol. The van der Waals surface area contributed by atoms with Crippen molar-refractivity contribution in [3.63, 3.8) is 0 Å². The van der Waals surface area contributed by atoms with Crippen LogP contribution in [-0.4, -0.2) is 23.3 Å². The number of nitrogens with one attached hydrogen (secondary N) is 1. The van der Waals surface area contributed by atoms with E-state index in [1.54, 1.807) is 12.1 Å². The molecule has 3 rings (SSSR count). The number of non-ortho nitro benzene ring substituents is 1. The molecule has 0 bridgehead atoms. The molecule has 1 unspecified atom stereocenters. The number of amides is 2. The van der Waals surface area contributed by atoms with Gasteiger partial charge in [0.25, 0.3) is 5.69 Å². The zero-order valence-electron chi connectivity index (χ0n) is 18.7. The van der Waals surface area contributed by atoms with Crippen molar-refractivity contribution < 1.29 is 19.2 Å². The van der Waals surface area contributed by atoms with Crippen LogP contribution in [0.5, 0.6) is 0 Å². The highest BCUT2D eigenvalue weighted by Crippen LogP contribution is 2.26. The van der Waals surface area contributed by atoms with Crippen LogP contribution in [0.3, 0.4) is 0 Å². The second kappa shape index (κ2) is 12.3. The minimum atomic E-state index is -0.469. The zero-order valence-corrected chi connectivity index (χ0v) is 18.7. The summed E-state index contributed by atoms with van der Waals surface area (Å²) in [5.74, 6) is -0.675. The molecule has 0 aliphatic heterocycles. The zero-order chi connectivity index (χ0) is 24.3. The number of benzene rings is 3. The fourth-order valence-corrected chi connectivity index (χ4v) is 3.58. The second-order valence-corrected chi connectivity index (χ2v) is 7.89. The van der Waals surface area contributed by atoms with Crippen molar-refractivity contribution in [3.8, 4) is 11.1 Å². The summed E-state index contributed by atoms with van der Waals surface area (Å²) < 4.78 is 5.50. The summed E-state index contributed by atoms with van der Waals surface area (Å²) in [4.78, 5) is 34.1. The molecule has 176 valence electrons. The van der Waals surface area contributed by atoms with E-state index in [2.05, 4.69) is 5.32 Å². The summed E-state index contributed by atoms with van der Waals surface area (Å²) in [7, 11) is 0. The van der Waals surface area contributed by atoms with E-state index >= 15 is 0 Å². The van der Waals surface area contributed by atoms with Crippen molar-refractivity contribution in [3.05, 3.63) is 100 Å². The molecule has 8 nitrogen and oxygen atoms in total. The monoisotopic (exact) mass is 461 g/mol. The van der Waals surface area contributed by atoms with Gasteiger partial charge in [-0.05, 0) is 53.3 Å². The summed E-state index contributed by atoms with van der Waals surface area (Å²) in [5.41, 5.74) is 9.03. The van der Waals surface area contributed by atoms with Crippen molar-refractivity contribution in [1.82, 2.24) is 5.32 Å². The predicted molar refractivity (Wildman–Crippen MR) is 129 cm³/mol. The van der Waals surface area contributed by atoms with Gasteiger partial charge in [0.1, 0.15) is 6.61 Å². The molecular weight excluding hydrogens is 434 g/mol. The Bertz CT molecular complexity index is 1120. The van der Waals surface area contributed by atoms with Gasteiger partial charge in [-0.15, -0.1) is 0 Å². The van der Waals surface area contributed by atoms with E-state index < -0.39 is 4.92 Å². The van der Waals surface area contributed by atoms with Crippen LogP contribution in [0.25, 0.3) is 11.1 Å². The Morgan fingerprint density at radius 2 is 1.68 bits per heavy atom. The molecule has 0 aliphatic carbocycles. The number of carbonyl (C=O) groups is 2. The van der Waals surface area contributed by atoms with E-state index in [1.165, 1.54) is 12.1 Å². The molecule has 0 heterocycles. The molecule has 3 aromatic carbocycles. The second-order valence-electron chi connectivity index (χ2n) is 7.89. The number of primary amides is 1. The van der Waals surface area contributed by atoms with Gasteiger partial charge >= 0.3 is 0 Å². The molecular formula is C26H27N3O5. The molecule has 0 saturated carbocycles. The van der Waals surface area contributed by atoms with Crippen LogP contribution in [0.1, 0.15) is 36.4 Å². The van der Waals surface area contributed by atoms with Gasteiger partial charge in [-0.1, -0.05) is 48.5 Å². The topological polar surface area (TPSA) is 125 Å². The van der Waals surface area contributed by atoms with Crippen LogP contribution >= 0.6 is 0 Å². The summed E-state index contributed by atoms with van der Waals surface area (Å²) in [5, 5.41) is 13.7. The first-order valence-electron chi connectivity index (χ1n) is 11.0. The van der Waals surface area contributed by atoms with Gasteiger partial charge in [0.15, 0.2) is 0 Å². The number of carbonyl (C=O) groups excluding carboxylic acids is 2. The fraction of sp³-hybridized carbons (Fsp3) is 0.231. The molecule has 0 aromatic heterocycles. The van der Waals surface area contributed by atoms with Crippen LogP contribution < -0.4 is 11.1 Å². The Kier molecular flexibility index (Phi) is 8.88. The van der Waals surface area contributed by atoms with Gasteiger partial charge < -0.3 is 15.8 Å². The number of nitro groups is 1. The maximum Gasteiger partial charge on any atom is 0.269 e. The molecule has 0 spiro atoms. The summed E-state index contributed by atoms with van der Waals surface area (Å²) >= 11 is 0. The molecule has 0 aliphatic rings. The van der Waals surface area contributed by atoms with E-state index in [1.807, 2.05) is 54.6 Å². The highest BCUT2D eigenvalue weighted by atomic mass is 16.6. The molecule has 34 heavy (non-hydrogen) atoms. The van der Waals surface area contributed by atoms with Crippen LogP contribution in [0.15, 0.2) is 78.9 Å². The summed E-state index contributed by atoms with van der Waals surface area (Å²) in [6.45, 7) is -0.0110. The lowest BCUT2D eigenvalue weighted by molar-refractivity contribution is -0.384. The third kappa shape index (κ3) is 7.53. The van der Waals surface area contributed by atoms with E-state index in [0.717, 1.165) is 22.3 Å². The molecule has 0 radical (unpaired) electrons. The lowest BCUT2D eigenvalue weighted by Gasteiger charge is -2.20. The third-order valence-corrected chi connectivity index (χ3v) is 5.30. The van der Waals surface area contributed by atoms with Gasteiger partial charge in [-0.25, -0.2) is 0 Å². The van der Waals surface area contributed by atoms with E-state index in [0.29, 0.717) is 12.8 Å². The first-order valence-corrected chi connectivity index (χ1v) is 11.0. The number of nitrogens with zero attached hydrogens (tertiary/aromatic N) is 1. The molecule has 3 aromatic rings. The van der Waals surface area contributed by atoms with Crippen LogP contribution in [-0.2, 0) is 20.9 Å². The van der Waals surface area contributed by atoms with Gasteiger partial charge in [-0.2, -0.15) is 0 Å². The lowest BCUT2D eigenvalue weighted by Crippen LogP contribution is -2.32. The highest BCUT2D eigenvalue weighted by Gasteiger charge is 2.16. The number of ether oxygens (including phenoxy) is 1. The number of rotatable bonds is 12. The van der Waals surface area contributed by atoms with E-state index in [9.17, 15) is 19.7 Å². The van der Waals surface area contributed by atoms with Crippen molar-refractivity contribution in [2.75, 3.05) is 6.61 Å². The third-order valence-electron chi connectivity index (χ3n) is 5.30. The Hall–Kier alpha value is -4.04. The fourth-order valence-electron chi connectivity index (χ4n) is 3.58. The van der Waals surface area contributed by atoms with E-state index in [4.69, 9.17) is 10.5 Å². The highest BCUT2D eigenvalue weighted by molar-refractivity contribution is 5.78. The van der Waals surface area contributed by atoms with Crippen molar-refractivity contribution in [2.24, 2.45) is 5.73 Å². The first-order chi connectivity index (χ1) is 16.4. The summed E-state index contributed by atoms with van der Waals surface area (Å²) in [6.07, 6.45) is 1.33. The van der Waals surface area contributed by atoms with Crippen LogP contribution in [0.2, 0.25) is 0 Å². The first kappa shape index (κ1) is 24.6. The van der Waals surface area contributed by atoms with Crippen LogP contribution in [0.4, 0.5) is 5.69 Å². The number of nitro benzene ring substituents is 1. The lowest BCUT2D eigenvalue weighted by atomic mass is 9.96.